The number of phenols is 2. The highest BCUT2D eigenvalue weighted by atomic mass is 16.4. The smallest absolute Gasteiger partial charge is 0.339 e. The molecule has 2 aliphatic carbocycles. The summed E-state index contributed by atoms with van der Waals surface area (Å²) >= 11 is 0. The van der Waals surface area contributed by atoms with Crippen molar-refractivity contribution in [1.82, 2.24) is 0 Å². The molecule has 1 saturated carbocycles. The lowest BCUT2D eigenvalue weighted by Gasteiger charge is -2.49. The number of carboxylic acid groups (broad SMARTS) is 1. The Balaban J connectivity index is 1.36. The second-order valence-corrected chi connectivity index (χ2v) is 13.0. The van der Waals surface area contributed by atoms with Gasteiger partial charge in [0.25, 0.3) is 0 Å². The highest BCUT2D eigenvalue weighted by Crippen LogP contribution is 2.64. The van der Waals surface area contributed by atoms with Crippen molar-refractivity contribution in [3.05, 3.63) is 94.6 Å². The van der Waals surface area contributed by atoms with Gasteiger partial charge in [0, 0.05) is 12.0 Å². The third-order valence-corrected chi connectivity index (χ3v) is 10.6. The summed E-state index contributed by atoms with van der Waals surface area (Å²) in [7, 11) is 0. The minimum absolute atomic E-state index is 0.0674. The zero-order valence-corrected chi connectivity index (χ0v) is 25.4. The number of phenolic OH excluding ortho intramolecular Hbond substituents is 1. The first-order valence-electron chi connectivity index (χ1n) is 15.2. The first kappa shape index (κ1) is 29.5. The molecule has 6 atom stereocenters. The average Bonchev–Trinajstić information content (AvgIpc) is 3.39. The summed E-state index contributed by atoms with van der Waals surface area (Å²) in [5.41, 5.74) is 1.76. The number of aryl methyl sites for hydroxylation is 2. The molecule has 7 rings (SSSR count). The first-order chi connectivity index (χ1) is 21.9. The van der Waals surface area contributed by atoms with E-state index < -0.39 is 58.5 Å². The van der Waals surface area contributed by atoms with E-state index >= 15 is 0 Å². The fourth-order valence-electron chi connectivity index (χ4n) is 8.47. The molecular weight excluding hydrogens is 588 g/mol. The van der Waals surface area contributed by atoms with Crippen molar-refractivity contribution in [2.24, 2.45) is 29.1 Å². The van der Waals surface area contributed by atoms with Gasteiger partial charge in [-0.3, -0.25) is 19.2 Å². The number of hydrogen-bond acceptors (Lipinski definition) is 7. The van der Waals surface area contributed by atoms with Crippen molar-refractivity contribution in [2.75, 3.05) is 9.80 Å². The summed E-state index contributed by atoms with van der Waals surface area (Å²) in [4.78, 5) is 70.5. The molecule has 4 amide bonds. The Hall–Kier alpha value is -5.25. The number of allylic oxidation sites excluding steroid dienone is 2. The van der Waals surface area contributed by atoms with E-state index in [-0.39, 0.29) is 41.7 Å². The number of imide groups is 2. The van der Waals surface area contributed by atoms with Gasteiger partial charge >= 0.3 is 5.97 Å². The molecule has 0 bridgehead atoms. The van der Waals surface area contributed by atoms with Gasteiger partial charge in [-0.15, -0.1) is 0 Å². The van der Waals surface area contributed by atoms with E-state index in [1.54, 1.807) is 44.2 Å². The highest BCUT2D eigenvalue weighted by molar-refractivity contribution is 6.25. The fourth-order valence-corrected chi connectivity index (χ4v) is 8.47. The minimum atomic E-state index is -1.35. The standard InChI is InChI=1S/C36H32N2O8/c1-17-13-19(14-18(2)30(17)40)29-22-11-12-24-28(33(43)37(31(24)41)21-9-10-23(34(44)45)27(39)15-21)25(22)16-26-32(42)38(35(46)36(26,29)3)20-7-5-4-6-8-20/h4-11,13-15,24-26,28-29,39-40H,12,16H2,1-3H3,(H,44,45). The molecule has 6 unspecified atom stereocenters. The lowest BCUT2D eigenvalue weighted by Crippen LogP contribution is -2.49. The number of carbonyl (C=O) groups is 5. The molecule has 46 heavy (non-hydrogen) atoms. The van der Waals surface area contributed by atoms with Gasteiger partial charge in [0.15, 0.2) is 0 Å². The number of benzene rings is 3. The van der Waals surface area contributed by atoms with Gasteiger partial charge in [0.2, 0.25) is 23.6 Å². The number of aromatic hydroxyl groups is 2. The van der Waals surface area contributed by atoms with Crippen molar-refractivity contribution in [3.8, 4) is 11.5 Å². The Morgan fingerprint density at radius 2 is 1.50 bits per heavy atom. The van der Waals surface area contributed by atoms with Crippen molar-refractivity contribution in [3.63, 3.8) is 0 Å². The summed E-state index contributed by atoms with van der Waals surface area (Å²) in [6, 6.07) is 16.0. The number of carbonyl (C=O) groups excluding carboxylic acids is 4. The topological polar surface area (TPSA) is 153 Å². The number of para-hydroxylation sites is 1. The van der Waals surface area contributed by atoms with Crippen LogP contribution in [0, 0.1) is 42.9 Å². The van der Waals surface area contributed by atoms with Gasteiger partial charge in [-0.05, 0) is 80.5 Å². The van der Waals surface area contributed by atoms with Crippen LogP contribution in [0.2, 0.25) is 0 Å². The lowest BCUT2D eigenvalue weighted by atomic mass is 9.51. The lowest BCUT2D eigenvalue weighted by molar-refractivity contribution is -0.131. The largest absolute Gasteiger partial charge is 0.507 e. The molecule has 3 aromatic rings. The third kappa shape index (κ3) is 3.92. The van der Waals surface area contributed by atoms with Crippen molar-refractivity contribution in [1.29, 1.82) is 0 Å². The number of rotatable bonds is 4. The Bertz CT molecular complexity index is 1890. The fraction of sp³-hybridized carbons (Fsp3) is 0.306. The zero-order valence-electron chi connectivity index (χ0n) is 25.4. The van der Waals surface area contributed by atoms with Gasteiger partial charge in [-0.2, -0.15) is 0 Å². The first-order valence-corrected chi connectivity index (χ1v) is 15.2. The van der Waals surface area contributed by atoms with Crippen molar-refractivity contribution in [2.45, 2.75) is 39.5 Å². The quantitative estimate of drug-likeness (QED) is 0.277. The van der Waals surface area contributed by atoms with Crippen LogP contribution in [-0.4, -0.2) is 44.9 Å². The van der Waals surface area contributed by atoms with Gasteiger partial charge in [0.1, 0.15) is 17.1 Å². The van der Waals surface area contributed by atoms with Gasteiger partial charge in [-0.25, -0.2) is 14.6 Å². The van der Waals surface area contributed by atoms with Crippen LogP contribution in [0.25, 0.3) is 0 Å². The highest BCUT2D eigenvalue weighted by Gasteiger charge is 2.67. The summed E-state index contributed by atoms with van der Waals surface area (Å²) in [6.45, 7) is 5.36. The van der Waals surface area contributed by atoms with Crippen LogP contribution in [0.5, 0.6) is 11.5 Å². The second-order valence-electron chi connectivity index (χ2n) is 13.0. The molecule has 2 heterocycles. The molecule has 3 N–H and O–H groups in total. The van der Waals surface area contributed by atoms with Gasteiger partial charge in [-0.1, -0.05) is 42.0 Å². The van der Waals surface area contributed by atoms with Crippen LogP contribution >= 0.6 is 0 Å². The number of aromatic carboxylic acids is 1. The minimum Gasteiger partial charge on any atom is -0.507 e. The van der Waals surface area contributed by atoms with E-state index in [0.29, 0.717) is 16.8 Å². The van der Waals surface area contributed by atoms with E-state index in [9.17, 15) is 39.3 Å². The predicted molar refractivity (Wildman–Crippen MR) is 166 cm³/mol. The molecule has 0 aromatic heterocycles. The molecule has 3 fully saturated rings. The van der Waals surface area contributed by atoms with Crippen molar-refractivity contribution >= 4 is 41.0 Å². The summed E-state index contributed by atoms with van der Waals surface area (Å²) in [6.07, 6.45) is 2.35. The molecule has 10 heteroatoms. The molecule has 10 nitrogen and oxygen atoms in total. The number of carboxylic acids is 1. The van der Waals surface area contributed by atoms with Crippen LogP contribution in [0.15, 0.2) is 72.3 Å². The molecule has 2 saturated heterocycles. The van der Waals surface area contributed by atoms with Crippen LogP contribution in [0.4, 0.5) is 11.4 Å². The van der Waals surface area contributed by atoms with E-state index in [2.05, 4.69) is 0 Å². The second kappa shape index (κ2) is 10.1. The summed E-state index contributed by atoms with van der Waals surface area (Å²) in [5, 5.41) is 30.3. The number of nitrogens with zero attached hydrogens (tertiary/aromatic N) is 2. The number of hydrogen-bond donors (Lipinski definition) is 3. The average molecular weight is 621 g/mol. The maximum absolute atomic E-state index is 14.5. The number of amides is 4. The monoisotopic (exact) mass is 620 g/mol. The SMILES string of the molecule is Cc1cc(C2C3=CCC4C(=O)N(c5ccc(C(=O)O)c(O)c5)C(=O)C4C3CC3C(=O)N(c4ccccc4)C(=O)C32C)cc(C)c1O. The maximum Gasteiger partial charge on any atom is 0.339 e. The van der Waals surface area contributed by atoms with Crippen LogP contribution in [0.1, 0.15) is 52.7 Å². The van der Waals surface area contributed by atoms with E-state index in [1.807, 2.05) is 25.1 Å². The predicted octanol–water partition coefficient (Wildman–Crippen LogP) is 4.85. The molecular formula is C36H32N2O8. The van der Waals surface area contributed by atoms with Crippen LogP contribution in [0.3, 0.4) is 0 Å². The van der Waals surface area contributed by atoms with E-state index in [1.165, 1.54) is 11.0 Å². The summed E-state index contributed by atoms with van der Waals surface area (Å²) in [5.74, 6) is -6.94. The molecule has 3 aromatic carbocycles. The van der Waals surface area contributed by atoms with Crippen molar-refractivity contribution < 1.29 is 39.3 Å². The van der Waals surface area contributed by atoms with Crippen LogP contribution in [-0.2, 0) is 19.2 Å². The molecule has 4 aliphatic rings. The van der Waals surface area contributed by atoms with E-state index in [4.69, 9.17) is 0 Å². The maximum atomic E-state index is 14.5. The Labute approximate surface area is 264 Å². The van der Waals surface area contributed by atoms with Gasteiger partial charge in [0.05, 0.1) is 34.5 Å². The molecule has 2 aliphatic heterocycles. The Morgan fingerprint density at radius 1 is 0.826 bits per heavy atom. The molecule has 234 valence electrons. The Kier molecular flexibility index (Phi) is 6.49. The zero-order chi connectivity index (χ0) is 32.8. The number of anilines is 2. The normalized spacial score (nSPS) is 28.6. The number of fused-ring (bicyclic) bond motifs is 4. The third-order valence-electron chi connectivity index (χ3n) is 10.6. The Morgan fingerprint density at radius 3 is 2.13 bits per heavy atom. The summed E-state index contributed by atoms with van der Waals surface area (Å²) < 4.78 is 0. The van der Waals surface area contributed by atoms with E-state index in [0.717, 1.165) is 28.2 Å². The van der Waals surface area contributed by atoms with Gasteiger partial charge < -0.3 is 15.3 Å². The van der Waals surface area contributed by atoms with Crippen LogP contribution < -0.4 is 9.80 Å². The molecule has 0 radical (unpaired) electrons. The molecule has 0 spiro atoms.